The summed E-state index contributed by atoms with van der Waals surface area (Å²) in [6, 6.07) is 14.3. The molecule has 1 heterocycles. The summed E-state index contributed by atoms with van der Waals surface area (Å²) in [5, 5.41) is 1.03. The summed E-state index contributed by atoms with van der Waals surface area (Å²) in [7, 11) is 0. The summed E-state index contributed by atoms with van der Waals surface area (Å²) in [6.45, 7) is 0.158. The lowest BCUT2D eigenvalue weighted by Crippen LogP contribution is -2.25. The van der Waals surface area contributed by atoms with Gasteiger partial charge in [0, 0.05) is 0 Å². The lowest BCUT2D eigenvalue weighted by molar-refractivity contribution is 0.816. The second-order valence-electron chi connectivity index (χ2n) is 4.34. The topological polar surface area (TPSA) is 60.9 Å². The first-order chi connectivity index (χ1) is 9.72. The highest BCUT2D eigenvalue weighted by atomic mass is 35.5. The van der Waals surface area contributed by atoms with Crippen molar-refractivity contribution in [1.82, 2.24) is 9.55 Å². The number of fused-ring (bicyclic) bond motifs is 1. The predicted octanol–water partition coefficient (Wildman–Crippen LogP) is 2.50. The molecule has 0 saturated heterocycles. The van der Waals surface area contributed by atoms with Crippen molar-refractivity contribution in [2.24, 2.45) is 5.73 Å². The van der Waals surface area contributed by atoms with Crippen LogP contribution in [-0.2, 0) is 6.54 Å². The summed E-state index contributed by atoms with van der Waals surface area (Å²) >= 11 is 6.18. The SMILES string of the molecule is NCc1nc2ccccc2c(=O)n1-c1ccccc1Cl. The zero-order valence-corrected chi connectivity index (χ0v) is 11.3. The van der Waals surface area contributed by atoms with Gasteiger partial charge in [-0.15, -0.1) is 0 Å². The van der Waals surface area contributed by atoms with Gasteiger partial charge in [-0.2, -0.15) is 0 Å². The van der Waals surface area contributed by atoms with Crippen LogP contribution < -0.4 is 11.3 Å². The Morgan fingerprint density at radius 3 is 2.55 bits per heavy atom. The zero-order chi connectivity index (χ0) is 14.1. The average molecular weight is 286 g/mol. The Bertz CT molecular complexity index is 842. The van der Waals surface area contributed by atoms with Crippen LogP contribution in [0, 0.1) is 0 Å². The van der Waals surface area contributed by atoms with Gasteiger partial charge in [0.15, 0.2) is 0 Å². The van der Waals surface area contributed by atoms with E-state index in [9.17, 15) is 4.79 Å². The average Bonchev–Trinajstić information content (AvgIpc) is 2.48. The van der Waals surface area contributed by atoms with Gasteiger partial charge in [0.05, 0.1) is 28.2 Å². The van der Waals surface area contributed by atoms with E-state index in [1.165, 1.54) is 4.57 Å². The number of benzene rings is 2. The molecule has 0 radical (unpaired) electrons. The smallest absolute Gasteiger partial charge is 0.266 e. The van der Waals surface area contributed by atoms with E-state index in [1.807, 2.05) is 24.3 Å². The highest BCUT2D eigenvalue weighted by Gasteiger charge is 2.13. The van der Waals surface area contributed by atoms with E-state index >= 15 is 0 Å². The standard InChI is InChI=1S/C15H12ClN3O/c16-11-6-2-4-8-13(11)19-14(9-17)18-12-7-3-1-5-10(12)15(19)20/h1-8H,9,17H2. The van der Waals surface area contributed by atoms with Crippen molar-refractivity contribution in [3.05, 3.63) is 69.7 Å². The van der Waals surface area contributed by atoms with E-state index in [1.54, 1.807) is 24.3 Å². The normalized spacial score (nSPS) is 10.9. The van der Waals surface area contributed by atoms with Crippen molar-refractivity contribution in [3.8, 4) is 5.69 Å². The predicted molar refractivity (Wildman–Crippen MR) is 80.2 cm³/mol. The quantitative estimate of drug-likeness (QED) is 0.787. The molecule has 0 aliphatic heterocycles. The number of halogens is 1. The summed E-state index contributed by atoms with van der Waals surface area (Å²) in [5.74, 6) is 0.488. The lowest BCUT2D eigenvalue weighted by Gasteiger charge is -2.13. The molecule has 0 aliphatic carbocycles. The van der Waals surface area contributed by atoms with Gasteiger partial charge in [0.25, 0.3) is 5.56 Å². The molecule has 3 aromatic rings. The van der Waals surface area contributed by atoms with Gasteiger partial charge < -0.3 is 5.73 Å². The molecule has 1 aromatic heterocycles. The van der Waals surface area contributed by atoms with Crippen LogP contribution in [-0.4, -0.2) is 9.55 Å². The second kappa shape index (κ2) is 5.07. The number of aromatic nitrogens is 2. The number of rotatable bonds is 2. The Morgan fingerprint density at radius 2 is 1.80 bits per heavy atom. The van der Waals surface area contributed by atoms with Crippen molar-refractivity contribution >= 4 is 22.5 Å². The molecule has 2 N–H and O–H groups in total. The monoisotopic (exact) mass is 285 g/mol. The van der Waals surface area contributed by atoms with E-state index in [2.05, 4.69) is 4.98 Å². The minimum atomic E-state index is -0.163. The number of para-hydroxylation sites is 2. The fraction of sp³-hybridized carbons (Fsp3) is 0.0667. The maximum absolute atomic E-state index is 12.7. The van der Waals surface area contributed by atoms with Crippen LogP contribution >= 0.6 is 11.6 Å². The van der Waals surface area contributed by atoms with Crippen LogP contribution in [0.3, 0.4) is 0 Å². The molecule has 0 atom stereocenters. The lowest BCUT2D eigenvalue weighted by atomic mass is 10.2. The van der Waals surface area contributed by atoms with Gasteiger partial charge in [-0.1, -0.05) is 35.9 Å². The highest BCUT2D eigenvalue weighted by Crippen LogP contribution is 2.20. The van der Waals surface area contributed by atoms with Crippen LogP contribution in [0.5, 0.6) is 0 Å². The molecule has 5 heteroatoms. The fourth-order valence-corrected chi connectivity index (χ4v) is 2.42. The number of hydrogen-bond acceptors (Lipinski definition) is 3. The third-order valence-electron chi connectivity index (χ3n) is 3.12. The number of hydrogen-bond donors (Lipinski definition) is 1. The Morgan fingerprint density at radius 1 is 1.10 bits per heavy atom. The number of nitrogens with zero attached hydrogens (tertiary/aromatic N) is 2. The molecule has 4 nitrogen and oxygen atoms in total. The fourth-order valence-electron chi connectivity index (χ4n) is 2.20. The van der Waals surface area contributed by atoms with Gasteiger partial charge in [0.2, 0.25) is 0 Å². The largest absolute Gasteiger partial charge is 0.324 e. The Kier molecular flexibility index (Phi) is 3.26. The molecule has 0 amide bonds. The van der Waals surface area contributed by atoms with Crippen LogP contribution in [0.15, 0.2) is 53.3 Å². The van der Waals surface area contributed by atoms with Gasteiger partial charge in [0.1, 0.15) is 5.82 Å². The molecule has 0 fully saturated rings. The van der Waals surface area contributed by atoms with Crippen LogP contribution in [0.25, 0.3) is 16.6 Å². The molecular formula is C15H12ClN3O. The maximum Gasteiger partial charge on any atom is 0.266 e. The summed E-state index contributed by atoms with van der Waals surface area (Å²) < 4.78 is 1.48. The van der Waals surface area contributed by atoms with E-state index in [4.69, 9.17) is 17.3 Å². The molecule has 100 valence electrons. The minimum absolute atomic E-state index is 0.158. The van der Waals surface area contributed by atoms with E-state index in [0.717, 1.165) is 0 Å². The number of nitrogens with two attached hydrogens (primary N) is 1. The van der Waals surface area contributed by atoms with E-state index < -0.39 is 0 Å². The molecule has 3 rings (SSSR count). The van der Waals surface area contributed by atoms with Crippen molar-refractivity contribution in [3.63, 3.8) is 0 Å². The first-order valence-corrected chi connectivity index (χ1v) is 6.56. The zero-order valence-electron chi connectivity index (χ0n) is 10.6. The third kappa shape index (κ3) is 1.99. The Hall–Kier alpha value is -2.17. The Balaban J connectivity index is 2.43. The summed E-state index contributed by atoms with van der Waals surface area (Å²) in [5.41, 5.74) is 6.81. The molecular weight excluding hydrogens is 274 g/mol. The molecule has 2 aromatic carbocycles. The molecule has 0 unspecified atom stereocenters. The van der Waals surface area contributed by atoms with E-state index in [-0.39, 0.29) is 12.1 Å². The van der Waals surface area contributed by atoms with Crippen molar-refractivity contribution < 1.29 is 0 Å². The van der Waals surface area contributed by atoms with Gasteiger partial charge in [-0.25, -0.2) is 4.98 Å². The van der Waals surface area contributed by atoms with Gasteiger partial charge >= 0.3 is 0 Å². The third-order valence-corrected chi connectivity index (χ3v) is 3.44. The van der Waals surface area contributed by atoms with Crippen LogP contribution in [0.2, 0.25) is 5.02 Å². The highest BCUT2D eigenvalue weighted by molar-refractivity contribution is 6.32. The molecule has 0 bridgehead atoms. The summed E-state index contributed by atoms with van der Waals surface area (Å²) in [6.07, 6.45) is 0. The summed E-state index contributed by atoms with van der Waals surface area (Å²) in [4.78, 5) is 17.1. The second-order valence-corrected chi connectivity index (χ2v) is 4.75. The molecule has 20 heavy (non-hydrogen) atoms. The van der Waals surface area contributed by atoms with Crippen LogP contribution in [0.1, 0.15) is 5.82 Å². The van der Waals surface area contributed by atoms with Crippen molar-refractivity contribution in [2.75, 3.05) is 0 Å². The van der Waals surface area contributed by atoms with Gasteiger partial charge in [-0.05, 0) is 24.3 Å². The van der Waals surface area contributed by atoms with Crippen molar-refractivity contribution in [2.45, 2.75) is 6.54 Å². The maximum atomic E-state index is 12.7. The Labute approximate surface area is 120 Å². The first kappa shape index (κ1) is 12.8. The molecule has 0 saturated carbocycles. The van der Waals surface area contributed by atoms with Crippen molar-refractivity contribution in [1.29, 1.82) is 0 Å². The molecule has 0 aliphatic rings. The van der Waals surface area contributed by atoms with Gasteiger partial charge in [-0.3, -0.25) is 9.36 Å². The minimum Gasteiger partial charge on any atom is -0.324 e. The first-order valence-electron chi connectivity index (χ1n) is 6.18. The van der Waals surface area contributed by atoms with Crippen LogP contribution in [0.4, 0.5) is 0 Å². The molecule has 0 spiro atoms. The van der Waals surface area contributed by atoms with E-state index in [0.29, 0.717) is 27.4 Å².